The maximum atomic E-state index is 12.2. The van der Waals surface area contributed by atoms with Crippen LogP contribution in [0.1, 0.15) is 21.5 Å². The molecule has 3 rings (SSSR count). The Labute approximate surface area is 157 Å². The molecule has 0 fully saturated rings. The van der Waals surface area contributed by atoms with E-state index in [0.717, 1.165) is 16.9 Å². The van der Waals surface area contributed by atoms with Crippen LogP contribution in [0.15, 0.2) is 78.9 Å². The number of ether oxygens (including phenoxy) is 2. The Morgan fingerprint density at radius 1 is 0.889 bits per heavy atom. The predicted octanol–water partition coefficient (Wildman–Crippen LogP) is 4.98. The normalized spacial score (nSPS) is 10.7. The number of esters is 1. The number of nitrogens with zero attached hydrogens (tertiary/aromatic N) is 1. The summed E-state index contributed by atoms with van der Waals surface area (Å²) >= 11 is 0. The van der Waals surface area contributed by atoms with Crippen molar-refractivity contribution in [1.29, 1.82) is 5.26 Å². The number of rotatable bonds is 5. The van der Waals surface area contributed by atoms with E-state index in [-0.39, 0.29) is 0 Å². The molecule has 4 nitrogen and oxygen atoms in total. The monoisotopic (exact) mass is 355 g/mol. The lowest BCUT2D eigenvalue weighted by molar-refractivity contribution is 0.0735. The number of nitriles is 1. The van der Waals surface area contributed by atoms with Crippen LogP contribution in [-0.4, -0.2) is 13.1 Å². The van der Waals surface area contributed by atoms with Gasteiger partial charge in [-0.3, -0.25) is 0 Å². The third kappa shape index (κ3) is 4.62. The van der Waals surface area contributed by atoms with Crippen LogP contribution < -0.4 is 9.47 Å². The predicted molar refractivity (Wildman–Crippen MR) is 104 cm³/mol. The van der Waals surface area contributed by atoms with Gasteiger partial charge in [0.05, 0.1) is 24.3 Å². The fourth-order valence-corrected chi connectivity index (χ4v) is 2.53. The lowest BCUT2D eigenvalue weighted by Crippen LogP contribution is -2.08. The van der Waals surface area contributed by atoms with E-state index in [0.29, 0.717) is 16.9 Å². The molecule has 3 aromatic rings. The van der Waals surface area contributed by atoms with Gasteiger partial charge in [-0.2, -0.15) is 5.26 Å². The van der Waals surface area contributed by atoms with Gasteiger partial charge in [0.1, 0.15) is 11.5 Å². The van der Waals surface area contributed by atoms with Gasteiger partial charge in [-0.05, 0) is 65.7 Å². The molecule has 0 atom stereocenters. The van der Waals surface area contributed by atoms with Crippen molar-refractivity contribution in [2.75, 3.05) is 7.11 Å². The van der Waals surface area contributed by atoms with Gasteiger partial charge in [0.25, 0.3) is 0 Å². The Morgan fingerprint density at radius 3 is 2.30 bits per heavy atom. The molecular formula is C23H17NO3. The average Bonchev–Trinajstić information content (AvgIpc) is 2.73. The van der Waals surface area contributed by atoms with Gasteiger partial charge in [0.2, 0.25) is 0 Å². The third-order valence-electron chi connectivity index (χ3n) is 3.91. The van der Waals surface area contributed by atoms with E-state index in [4.69, 9.17) is 9.47 Å². The van der Waals surface area contributed by atoms with E-state index >= 15 is 0 Å². The number of carbonyl (C=O) groups is 1. The highest BCUT2D eigenvalue weighted by atomic mass is 16.5. The molecule has 0 radical (unpaired) electrons. The molecule has 4 heteroatoms. The standard InChI is InChI=1S/C23H17NO3/c1-26-21-12-10-18(11-13-21)20(16-24)14-17-6-5-9-22(15-17)27-23(25)19-7-3-2-4-8-19/h2-15H,1H3/b20-14-. The number of methoxy groups -OCH3 is 1. The zero-order valence-electron chi connectivity index (χ0n) is 14.8. The summed E-state index contributed by atoms with van der Waals surface area (Å²) in [5.41, 5.74) is 2.53. The molecule has 0 aliphatic carbocycles. The second kappa shape index (κ2) is 8.50. The Morgan fingerprint density at radius 2 is 1.63 bits per heavy atom. The average molecular weight is 355 g/mol. The largest absolute Gasteiger partial charge is 0.497 e. The van der Waals surface area contributed by atoms with Crippen molar-refractivity contribution in [3.8, 4) is 17.6 Å². The molecule has 0 N–H and O–H groups in total. The van der Waals surface area contributed by atoms with Crippen LogP contribution in [-0.2, 0) is 0 Å². The van der Waals surface area contributed by atoms with Crippen molar-refractivity contribution in [2.24, 2.45) is 0 Å². The van der Waals surface area contributed by atoms with Gasteiger partial charge < -0.3 is 9.47 Å². The summed E-state index contributed by atoms with van der Waals surface area (Å²) < 4.78 is 10.6. The van der Waals surface area contributed by atoms with Crippen molar-refractivity contribution >= 4 is 17.6 Å². The van der Waals surface area contributed by atoms with Crippen molar-refractivity contribution in [1.82, 2.24) is 0 Å². The van der Waals surface area contributed by atoms with Crippen molar-refractivity contribution in [3.05, 3.63) is 95.6 Å². The molecule has 0 amide bonds. The van der Waals surface area contributed by atoms with Gasteiger partial charge in [0.15, 0.2) is 0 Å². The van der Waals surface area contributed by atoms with E-state index in [1.165, 1.54) is 0 Å². The van der Waals surface area contributed by atoms with Crippen LogP contribution in [0.5, 0.6) is 11.5 Å². The Bertz CT molecular complexity index is 1000. The summed E-state index contributed by atoms with van der Waals surface area (Å²) in [5.74, 6) is 0.725. The molecule has 0 heterocycles. The van der Waals surface area contributed by atoms with E-state index in [9.17, 15) is 10.1 Å². The highest BCUT2D eigenvalue weighted by Crippen LogP contribution is 2.23. The molecule has 0 saturated heterocycles. The van der Waals surface area contributed by atoms with Crippen LogP contribution in [0.25, 0.3) is 11.6 Å². The summed E-state index contributed by atoms with van der Waals surface area (Å²) in [6.45, 7) is 0. The van der Waals surface area contributed by atoms with Crippen LogP contribution in [0.4, 0.5) is 0 Å². The quantitative estimate of drug-likeness (QED) is 0.280. The molecule has 0 saturated carbocycles. The zero-order valence-corrected chi connectivity index (χ0v) is 14.8. The van der Waals surface area contributed by atoms with Crippen LogP contribution in [0.2, 0.25) is 0 Å². The highest BCUT2D eigenvalue weighted by molar-refractivity contribution is 5.92. The minimum absolute atomic E-state index is 0.421. The van der Waals surface area contributed by atoms with Crippen LogP contribution in [0.3, 0.4) is 0 Å². The first-order valence-electron chi connectivity index (χ1n) is 8.33. The summed E-state index contributed by atoms with van der Waals surface area (Å²) in [5, 5.41) is 9.50. The second-order valence-electron chi connectivity index (χ2n) is 5.73. The first kappa shape index (κ1) is 18.0. The number of allylic oxidation sites excluding steroid dienone is 1. The summed E-state index contributed by atoms with van der Waals surface area (Å²) in [6, 6.07) is 25.3. The van der Waals surface area contributed by atoms with Gasteiger partial charge in [-0.1, -0.05) is 30.3 Å². The molecule has 0 bridgehead atoms. The Hall–Kier alpha value is -3.84. The maximum Gasteiger partial charge on any atom is 0.343 e. The fraction of sp³-hybridized carbons (Fsp3) is 0.0435. The lowest BCUT2D eigenvalue weighted by atomic mass is 10.0. The lowest BCUT2D eigenvalue weighted by Gasteiger charge is -2.06. The number of carbonyl (C=O) groups excluding carboxylic acids is 1. The first-order valence-corrected chi connectivity index (χ1v) is 8.33. The van der Waals surface area contributed by atoms with Crippen LogP contribution >= 0.6 is 0 Å². The zero-order chi connectivity index (χ0) is 19.1. The topological polar surface area (TPSA) is 59.3 Å². The van der Waals surface area contributed by atoms with Gasteiger partial charge in [-0.15, -0.1) is 0 Å². The molecular weight excluding hydrogens is 338 g/mol. The molecule has 0 spiro atoms. The minimum atomic E-state index is -0.424. The smallest absolute Gasteiger partial charge is 0.343 e. The van der Waals surface area contributed by atoms with Crippen molar-refractivity contribution in [3.63, 3.8) is 0 Å². The van der Waals surface area contributed by atoms with E-state index in [1.54, 1.807) is 67.8 Å². The Kier molecular flexibility index (Phi) is 5.66. The molecule has 3 aromatic carbocycles. The first-order chi connectivity index (χ1) is 13.2. The molecule has 0 aliphatic rings. The second-order valence-corrected chi connectivity index (χ2v) is 5.73. The van der Waals surface area contributed by atoms with Gasteiger partial charge in [0, 0.05) is 0 Å². The highest BCUT2D eigenvalue weighted by Gasteiger charge is 2.08. The minimum Gasteiger partial charge on any atom is -0.497 e. The van der Waals surface area contributed by atoms with Gasteiger partial charge >= 0.3 is 5.97 Å². The number of benzene rings is 3. The molecule has 132 valence electrons. The maximum absolute atomic E-state index is 12.2. The molecule has 27 heavy (non-hydrogen) atoms. The summed E-state index contributed by atoms with van der Waals surface area (Å²) in [6.07, 6.45) is 1.75. The fourth-order valence-electron chi connectivity index (χ4n) is 2.53. The van der Waals surface area contributed by atoms with E-state index in [2.05, 4.69) is 6.07 Å². The Balaban J connectivity index is 1.82. The summed E-state index contributed by atoms with van der Waals surface area (Å²) in [4.78, 5) is 12.2. The SMILES string of the molecule is COc1ccc(/C(C#N)=C\c2cccc(OC(=O)c3ccccc3)c2)cc1. The van der Waals surface area contributed by atoms with Crippen molar-refractivity contribution in [2.45, 2.75) is 0 Å². The summed E-state index contributed by atoms with van der Waals surface area (Å²) in [7, 11) is 1.60. The molecule has 0 aromatic heterocycles. The number of hydrogen-bond acceptors (Lipinski definition) is 4. The van der Waals surface area contributed by atoms with E-state index < -0.39 is 5.97 Å². The number of hydrogen-bond donors (Lipinski definition) is 0. The van der Waals surface area contributed by atoms with Crippen LogP contribution in [0, 0.1) is 11.3 Å². The van der Waals surface area contributed by atoms with Crippen molar-refractivity contribution < 1.29 is 14.3 Å². The van der Waals surface area contributed by atoms with Gasteiger partial charge in [-0.25, -0.2) is 4.79 Å². The molecule has 0 aliphatic heterocycles. The third-order valence-corrected chi connectivity index (χ3v) is 3.91. The van der Waals surface area contributed by atoms with E-state index in [1.807, 2.05) is 24.3 Å². The molecule has 0 unspecified atom stereocenters.